The molecule has 0 unspecified atom stereocenters. The van der Waals surface area contributed by atoms with Crippen LogP contribution in [-0.4, -0.2) is 17.0 Å². The number of hydrogen-bond donors (Lipinski definition) is 1. The van der Waals surface area contributed by atoms with Gasteiger partial charge in [0.1, 0.15) is 6.61 Å². The van der Waals surface area contributed by atoms with E-state index in [2.05, 4.69) is 0 Å². The first kappa shape index (κ1) is 12.0. The van der Waals surface area contributed by atoms with Crippen LogP contribution in [0.4, 0.5) is 0 Å². The number of esters is 1. The minimum atomic E-state index is -0.998. The van der Waals surface area contributed by atoms with Crippen molar-refractivity contribution in [3.05, 3.63) is 47.5 Å². The molecule has 0 saturated carbocycles. The number of carboxylic acid groups (broad SMARTS) is 1. The topological polar surface area (TPSA) is 63.6 Å². The smallest absolute Gasteiger partial charge is 0.335 e. The van der Waals surface area contributed by atoms with E-state index in [1.54, 1.807) is 25.1 Å². The molecule has 0 bridgehead atoms. The van der Waals surface area contributed by atoms with Crippen molar-refractivity contribution in [2.24, 2.45) is 0 Å². The van der Waals surface area contributed by atoms with E-state index in [1.165, 1.54) is 18.2 Å². The normalized spacial score (nSPS) is 10.3. The van der Waals surface area contributed by atoms with Gasteiger partial charge in [0.25, 0.3) is 0 Å². The SMILES string of the molecule is CC=CC(=O)OCc1cccc(C(=O)O)c1. The van der Waals surface area contributed by atoms with Crippen LogP contribution < -0.4 is 0 Å². The summed E-state index contributed by atoms with van der Waals surface area (Å²) in [4.78, 5) is 21.7. The van der Waals surface area contributed by atoms with Crippen LogP contribution in [0.3, 0.4) is 0 Å². The van der Waals surface area contributed by atoms with Crippen molar-refractivity contribution >= 4 is 11.9 Å². The number of rotatable bonds is 4. The summed E-state index contributed by atoms with van der Waals surface area (Å²) in [6.07, 6.45) is 2.89. The van der Waals surface area contributed by atoms with Crippen molar-refractivity contribution in [1.82, 2.24) is 0 Å². The zero-order chi connectivity index (χ0) is 12.0. The molecule has 0 amide bonds. The Bertz CT molecular complexity index is 421. The van der Waals surface area contributed by atoms with Gasteiger partial charge in [-0.2, -0.15) is 0 Å². The molecule has 0 radical (unpaired) electrons. The van der Waals surface area contributed by atoms with E-state index in [4.69, 9.17) is 9.84 Å². The molecule has 0 spiro atoms. The lowest BCUT2D eigenvalue weighted by molar-refractivity contribution is -0.139. The van der Waals surface area contributed by atoms with Crippen molar-refractivity contribution in [2.45, 2.75) is 13.5 Å². The second kappa shape index (κ2) is 5.70. The molecular formula is C12H12O4. The summed E-state index contributed by atoms with van der Waals surface area (Å²) in [6.45, 7) is 1.79. The molecule has 1 rings (SSSR count). The molecule has 0 aliphatic carbocycles. The molecule has 0 aromatic heterocycles. The first-order valence-corrected chi connectivity index (χ1v) is 4.75. The van der Waals surface area contributed by atoms with Crippen LogP contribution >= 0.6 is 0 Å². The first-order valence-electron chi connectivity index (χ1n) is 4.75. The van der Waals surface area contributed by atoms with Gasteiger partial charge >= 0.3 is 11.9 Å². The Kier molecular flexibility index (Phi) is 4.27. The first-order chi connectivity index (χ1) is 7.63. The van der Waals surface area contributed by atoms with Crippen LogP contribution in [0, 0.1) is 0 Å². The summed E-state index contributed by atoms with van der Waals surface area (Å²) in [5, 5.41) is 8.75. The molecule has 0 atom stereocenters. The van der Waals surface area contributed by atoms with Crippen molar-refractivity contribution < 1.29 is 19.4 Å². The number of hydrogen-bond acceptors (Lipinski definition) is 3. The molecule has 1 aromatic rings. The fourth-order valence-electron chi connectivity index (χ4n) is 1.13. The highest BCUT2D eigenvalue weighted by Gasteiger charge is 2.04. The standard InChI is InChI=1S/C12H12O4/c1-2-4-11(13)16-8-9-5-3-6-10(7-9)12(14)15/h2-7H,8H2,1H3,(H,14,15). The van der Waals surface area contributed by atoms with E-state index < -0.39 is 11.9 Å². The Balaban J connectivity index is 2.64. The predicted molar refractivity (Wildman–Crippen MR) is 58.0 cm³/mol. The maximum absolute atomic E-state index is 11.0. The van der Waals surface area contributed by atoms with Crippen LogP contribution in [0.1, 0.15) is 22.8 Å². The third-order valence-electron chi connectivity index (χ3n) is 1.86. The monoisotopic (exact) mass is 220 g/mol. The van der Waals surface area contributed by atoms with Crippen LogP contribution in [-0.2, 0) is 16.1 Å². The minimum absolute atomic E-state index is 0.0737. The van der Waals surface area contributed by atoms with Crippen molar-refractivity contribution in [3.63, 3.8) is 0 Å². The van der Waals surface area contributed by atoms with Gasteiger partial charge in [0.15, 0.2) is 0 Å². The van der Waals surface area contributed by atoms with E-state index in [-0.39, 0.29) is 12.2 Å². The molecule has 4 nitrogen and oxygen atoms in total. The molecule has 0 aliphatic heterocycles. The Morgan fingerprint density at radius 2 is 2.19 bits per heavy atom. The highest BCUT2D eigenvalue weighted by atomic mass is 16.5. The van der Waals surface area contributed by atoms with E-state index >= 15 is 0 Å². The fourth-order valence-corrected chi connectivity index (χ4v) is 1.13. The van der Waals surface area contributed by atoms with Crippen LogP contribution in [0.15, 0.2) is 36.4 Å². The highest BCUT2D eigenvalue weighted by molar-refractivity contribution is 5.87. The summed E-state index contributed by atoms with van der Waals surface area (Å²) in [5.74, 6) is -1.44. The average Bonchev–Trinajstić information content (AvgIpc) is 2.27. The molecule has 0 aliphatic rings. The molecule has 4 heteroatoms. The van der Waals surface area contributed by atoms with Gasteiger partial charge in [-0.25, -0.2) is 9.59 Å². The summed E-state index contributed by atoms with van der Waals surface area (Å²) in [5.41, 5.74) is 0.831. The summed E-state index contributed by atoms with van der Waals surface area (Å²) in [7, 11) is 0. The maximum Gasteiger partial charge on any atom is 0.335 e. The molecule has 0 heterocycles. The summed E-state index contributed by atoms with van der Waals surface area (Å²) >= 11 is 0. The van der Waals surface area contributed by atoms with Gasteiger partial charge in [-0.05, 0) is 24.6 Å². The van der Waals surface area contributed by atoms with Crippen molar-refractivity contribution in [1.29, 1.82) is 0 Å². The molecule has 0 fully saturated rings. The second-order valence-corrected chi connectivity index (χ2v) is 3.11. The van der Waals surface area contributed by atoms with Gasteiger partial charge in [-0.1, -0.05) is 18.2 Å². The summed E-state index contributed by atoms with van der Waals surface area (Å²) in [6, 6.07) is 6.28. The Hall–Kier alpha value is -2.10. The van der Waals surface area contributed by atoms with E-state index in [9.17, 15) is 9.59 Å². The van der Waals surface area contributed by atoms with Crippen molar-refractivity contribution in [3.8, 4) is 0 Å². The largest absolute Gasteiger partial charge is 0.478 e. The Morgan fingerprint density at radius 3 is 2.81 bits per heavy atom. The molecule has 16 heavy (non-hydrogen) atoms. The van der Waals surface area contributed by atoms with Gasteiger partial charge in [0.2, 0.25) is 0 Å². The van der Waals surface area contributed by atoms with Crippen molar-refractivity contribution in [2.75, 3.05) is 0 Å². The minimum Gasteiger partial charge on any atom is -0.478 e. The lowest BCUT2D eigenvalue weighted by atomic mass is 10.1. The number of carbonyl (C=O) groups excluding carboxylic acids is 1. The third-order valence-corrected chi connectivity index (χ3v) is 1.86. The van der Waals surface area contributed by atoms with Gasteiger partial charge in [-0.3, -0.25) is 0 Å². The van der Waals surface area contributed by atoms with Gasteiger partial charge in [-0.15, -0.1) is 0 Å². The number of aromatic carboxylic acids is 1. The zero-order valence-electron chi connectivity index (χ0n) is 8.84. The predicted octanol–water partition coefficient (Wildman–Crippen LogP) is 2.00. The zero-order valence-corrected chi connectivity index (χ0v) is 8.84. The molecule has 84 valence electrons. The fraction of sp³-hybridized carbons (Fsp3) is 0.167. The highest BCUT2D eigenvalue weighted by Crippen LogP contribution is 2.06. The summed E-state index contributed by atoms with van der Waals surface area (Å²) < 4.78 is 4.88. The van der Waals surface area contributed by atoms with Crippen LogP contribution in [0.2, 0.25) is 0 Å². The van der Waals surface area contributed by atoms with Gasteiger partial charge < -0.3 is 9.84 Å². The lowest BCUT2D eigenvalue weighted by Crippen LogP contribution is -2.02. The van der Waals surface area contributed by atoms with Gasteiger partial charge in [0, 0.05) is 6.08 Å². The average molecular weight is 220 g/mol. The maximum atomic E-state index is 11.0. The Morgan fingerprint density at radius 1 is 1.44 bits per heavy atom. The van der Waals surface area contributed by atoms with Crippen LogP contribution in [0.25, 0.3) is 0 Å². The number of carbonyl (C=O) groups is 2. The Labute approximate surface area is 93.2 Å². The number of allylic oxidation sites excluding steroid dienone is 1. The van der Waals surface area contributed by atoms with Crippen LogP contribution in [0.5, 0.6) is 0 Å². The third kappa shape index (κ3) is 3.57. The second-order valence-electron chi connectivity index (χ2n) is 3.11. The number of ether oxygens (including phenoxy) is 1. The van der Waals surface area contributed by atoms with Gasteiger partial charge in [0.05, 0.1) is 5.56 Å². The van der Waals surface area contributed by atoms with E-state index in [1.807, 2.05) is 0 Å². The quantitative estimate of drug-likeness (QED) is 0.622. The molecule has 0 saturated heterocycles. The van der Waals surface area contributed by atoms with E-state index in [0.717, 1.165) is 0 Å². The van der Waals surface area contributed by atoms with E-state index in [0.29, 0.717) is 5.56 Å². The lowest BCUT2D eigenvalue weighted by Gasteiger charge is -2.03. The number of benzene rings is 1. The molecular weight excluding hydrogens is 208 g/mol. The molecule has 1 aromatic carbocycles. The number of carboxylic acids is 1. The molecule has 1 N–H and O–H groups in total.